The molecule has 0 aliphatic carbocycles. The van der Waals surface area contributed by atoms with Gasteiger partial charge in [-0.15, -0.1) is 0 Å². The maximum Gasteiger partial charge on any atom is 0.220 e. The Morgan fingerprint density at radius 3 is 2.30 bits per heavy atom. The lowest BCUT2D eigenvalue weighted by molar-refractivity contribution is -0.119. The molecule has 0 radical (unpaired) electrons. The summed E-state index contributed by atoms with van der Waals surface area (Å²) in [6.45, 7) is 6.47. The second-order valence-corrected chi connectivity index (χ2v) is 4.02. The van der Waals surface area contributed by atoms with Crippen LogP contribution < -0.4 is 5.32 Å². The first-order valence-electron chi connectivity index (χ1n) is 3.79. The topological polar surface area (TPSA) is 29.1 Å². The fraction of sp³-hybridized carbons (Fsp3) is 0.875. The van der Waals surface area contributed by atoms with E-state index in [9.17, 15) is 4.79 Å². The molecule has 0 saturated carbocycles. The van der Waals surface area contributed by atoms with Crippen LogP contribution in [0.2, 0.25) is 0 Å². The molecule has 0 aromatic rings. The minimum absolute atomic E-state index is 0.208. The highest BCUT2D eigenvalue weighted by molar-refractivity contribution is 5.78. The summed E-state index contributed by atoms with van der Waals surface area (Å²) in [6, 6.07) is 0.389. The standard InChI is InChI=1S/C8H15NO/c1-8(2,3)6-4-5-7(10)9-6/h6H,4-5H2,1-3H3,(H,9,10). The van der Waals surface area contributed by atoms with E-state index < -0.39 is 0 Å². The highest BCUT2D eigenvalue weighted by Gasteiger charge is 2.30. The molecule has 0 spiro atoms. The Morgan fingerprint density at radius 2 is 2.10 bits per heavy atom. The Kier molecular flexibility index (Phi) is 1.71. The summed E-state index contributed by atoms with van der Waals surface area (Å²) in [5, 5.41) is 2.95. The molecule has 10 heavy (non-hydrogen) atoms. The molecule has 1 saturated heterocycles. The molecule has 1 fully saturated rings. The van der Waals surface area contributed by atoms with Crippen LogP contribution in [-0.2, 0) is 4.79 Å². The molecule has 0 aromatic carbocycles. The van der Waals surface area contributed by atoms with E-state index in [1.807, 2.05) is 0 Å². The number of rotatable bonds is 0. The average Bonchev–Trinajstić information content (AvgIpc) is 2.11. The number of hydrogen-bond donors (Lipinski definition) is 1. The van der Waals surface area contributed by atoms with Crippen LogP contribution >= 0.6 is 0 Å². The summed E-state index contributed by atoms with van der Waals surface area (Å²) in [6.07, 6.45) is 1.71. The van der Waals surface area contributed by atoms with Gasteiger partial charge in [0.05, 0.1) is 0 Å². The lowest BCUT2D eigenvalue weighted by atomic mass is 9.86. The van der Waals surface area contributed by atoms with Crippen LogP contribution in [0.1, 0.15) is 33.6 Å². The van der Waals surface area contributed by atoms with Crippen LogP contribution in [-0.4, -0.2) is 11.9 Å². The first-order valence-corrected chi connectivity index (χ1v) is 3.79. The molecule has 0 aromatic heterocycles. The van der Waals surface area contributed by atoms with Gasteiger partial charge in [0.1, 0.15) is 0 Å². The molecule has 1 aliphatic heterocycles. The Bertz CT molecular complexity index is 146. The molecule has 1 heterocycles. The highest BCUT2D eigenvalue weighted by atomic mass is 16.1. The lowest BCUT2D eigenvalue weighted by Crippen LogP contribution is -2.36. The highest BCUT2D eigenvalue weighted by Crippen LogP contribution is 2.25. The fourth-order valence-corrected chi connectivity index (χ4v) is 1.26. The summed E-state index contributed by atoms with van der Waals surface area (Å²) in [5.41, 5.74) is 0.228. The Hall–Kier alpha value is -0.530. The van der Waals surface area contributed by atoms with Gasteiger partial charge in [0, 0.05) is 12.5 Å². The second-order valence-electron chi connectivity index (χ2n) is 4.02. The predicted molar refractivity (Wildman–Crippen MR) is 40.6 cm³/mol. The van der Waals surface area contributed by atoms with Gasteiger partial charge in [-0.2, -0.15) is 0 Å². The van der Waals surface area contributed by atoms with E-state index in [2.05, 4.69) is 26.1 Å². The van der Waals surface area contributed by atoms with E-state index in [0.717, 1.165) is 6.42 Å². The van der Waals surface area contributed by atoms with Crippen molar-refractivity contribution in [2.45, 2.75) is 39.7 Å². The van der Waals surface area contributed by atoms with E-state index in [1.165, 1.54) is 0 Å². The van der Waals surface area contributed by atoms with E-state index in [0.29, 0.717) is 12.5 Å². The lowest BCUT2D eigenvalue weighted by Gasteiger charge is -2.26. The van der Waals surface area contributed by atoms with Crippen molar-refractivity contribution in [3.05, 3.63) is 0 Å². The third-order valence-electron chi connectivity index (χ3n) is 2.04. The Labute approximate surface area is 62.0 Å². The smallest absolute Gasteiger partial charge is 0.220 e. The molecule has 2 heteroatoms. The SMILES string of the molecule is CC(C)(C)C1CCC(=O)N1. The first kappa shape index (κ1) is 7.58. The summed E-state index contributed by atoms with van der Waals surface area (Å²) in [5.74, 6) is 0.208. The maximum absolute atomic E-state index is 10.8. The molecule has 0 bridgehead atoms. The van der Waals surface area contributed by atoms with Crippen LogP contribution in [0.4, 0.5) is 0 Å². The first-order chi connectivity index (χ1) is 4.50. The number of carbonyl (C=O) groups is 1. The van der Waals surface area contributed by atoms with Crippen molar-refractivity contribution >= 4 is 5.91 Å². The average molecular weight is 141 g/mol. The van der Waals surface area contributed by atoms with Crippen molar-refractivity contribution in [3.63, 3.8) is 0 Å². The second kappa shape index (κ2) is 2.26. The third kappa shape index (κ3) is 1.49. The quantitative estimate of drug-likeness (QED) is 0.541. The van der Waals surface area contributed by atoms with Crippen molar-refractivity contribution in [2.24, 2.45) is 5.41 Å². The minimum atomic E-state index is 0.208. The van der Waals surface area contributed by atoms with Gasteiger partial charge in [0.15, 0.2) is 0 Å². The van der Waals surface area contributed by atoms with Crippen LogP contribution in [0.25, 0.3) is 0 Å². The van der Waals surface area contributed by atoms with Gasteiger partial charge in [-0.1, -0.05) is 20.8 Å². The van der Waals surface area contributed by atoms with Crippen molar-refractivity contribution in [3.8, 4) is 0 Å². The summed E-state index contributed by atoms with van der Waals surface area (Å²) < 4.78 is 0. The number of nitrogens with one attached hydrogen (secondary N) is 1. The molecular weight excluding hydrogens is 126 g/mol. The number of carbonyl (C=O) groups excluding carboxylic acids is 1. The molecule has 2 nitrogen and oxygen atoms in total. The van der Waals surface area contributed by atoms with Gasteiger partial charge in [-0.3, -0.25) is 4.79 Å². The normalized spacial score (nSPS) is 26.7. The fourth-order valence-electron chi connectivity index (χ4n) is 1.26. The summed E-state index contributed by atoms with van der Waals surface area (Å²) in [7, 11) is 0. The maximum atomic E-state index is 10.8. The molecule has 1 N–H and O–H groups in total. The molecule has 1 aliphatic rings. The van der Waals surface area contributed by atoms with Crippen LogP contribution in [0.3, 0.4) is 0 Å². The Morgan fingerprint density at radius 1 is 1.50 bits per heavy atom. The van der Waals surface area contributed by atoms with Crippen LogP contribution in [0.5, 0.6) is 0 Å². The molecule has 58 valence electrons. The van der Waals surface area contributed by atoms with Crippen LogP contribution in [0, 0.1) is 5.41 Å². The Balaban J connectivity index is 2.53. The zero-order valence-electron chi connectivity index (χ0n) is 6.90. The van der Waals surface area contributed by atoms with E-state index >= 15 is 0 Å². The molecular formula is C8H15NO. The van der Waals surface area contributed by atoms with E-state index in [1.54, 1.807) is 0 Å². The number of amides is 1. The molecule has 1 atom stereocenters. The van der Waals surface area contributed by atoms with E-state index in [4.69, 9.17) is 0 Å². The van der Waals surface area contributed by atoms with Gasteiger partial charge in [-0.05, 0) is 11.8 Å². The largest absolute Gasteiger partial charge is 0.353 e. The van der Waals surface area contributed by atoms with E-state index in [-0.39, 0.29) is 11.3 Å². The summed E-state index contributed by atoms with van der Waals surface area (Å²) >= 11 is 0. The van der Waals surface area contributed by atoms with Crippen LogP contribution in [0.15, 0.2) is 0 Å². The molecule has 1 amide bonds. The third-order valence-corrected chi connectivity index (χ3v) is 2.04. The van der Waals surface area contributed by atoms with Gasteiger partial charge in [0.25, 0.3) is 0 Å². The van der Waals surface area contributed by atoms with Crippen molar-refractivity contribution in [1.82, 2.24) is 5.32 Å². The van der Waals surface area contributed by atoms with Crippen molar-refractivity contribution in [2.75, 3.05) is 0 Å². The molecule has 1 rings (SSSR count). The molecule has 1 unspecified atom stereocenters. The summed E-state index contributed by atoms with van der Waals surface area (Å²) in [4.78, 5) is 10.8. The zero-order chi connectivity index (χ0) is 7.78. The number of hydrogen-bond acceptors (Lipinski definition) is 1. The van der Waals surface area contributed by atoms with Crippen molar-refractivity contribution in [1.29, 1.82) is 0 Å². The minimum Gasteiger partial charge on any atom is -0.353 e. The van der Waals surface area contributed by atoms with Gasteiger partial charge in [0.2, 0.25) is 5.91 Å². The predicted octanol–water partition coefficient (Wildman–Crippen LogP) is 1.31. The van der Waals surface area contributed by atoms with Gasteiger partial charge >= 0.3 is 0 Å². The van der Waals surface area contributed by atoms with Gasteiger partial charge in [-0.25, -0.2) is 0 Å². The monoisotopic (exact) mass is 141 g/mol. The van der Waals surface area contributed by atoms with Crippen molar-refractivity contribution < 1.29 is 4.79 Å². The zero-order valence-corrected chi connectivity index (χ0v) is 6.90. The van der Waals surface area contributed by atoms with Gasteiger partial charge < -0.3 is 5.32 Å².